The molecule has 0 aliphatic carbocycles. The van der Waals surface area contributed by atoms with E-state index in [9.17, 15) is 9.59 Å². The minimum atomic E-state index is -0.303. The molecule has 0 radical (unpaired) electrons. The molecule has 3 rings (SSSR count). The van der Waals surface area contributed by atoms with Crippen molar-refractivity contribution in [2.24, 2.45) is 0 Å². The molecule has 7 heteroatoms. The van der Waals surface area contributed by atoms with Crippen LogP contribution in [0.5, 0.6) is 5.75 Å². The summed E-state index contributed by atoms with van der Waals surface area (Å²) in [6, 6.07) is 10.9. The van der Waals surface area contributed by atoms with Crippen LogP contribution in [0.15, 0.2) is 52.0 Å². The van der Waals surface area contributed by atoms with Crippen molar-refractivity contribution in [1.29, 1.82) is 0 Å². The maximum atomic E-state index is 13.1. The highest BCUT2D eigenvalue weighted by atomic mass is 32.2. The average molecular weight is 387 g/mol. The quantitative estimate of drug-likeness (QED) is 0.486. The number of nitrogens with zero attached hydrogens (tertiary/aromatic N) is 1. The topological polar surface area (TPSA) is 69.0 Å². The van der Waals surface area contributed by atoms with Gasteiger partial charge in [0.15, 0.2) is 0 Å². The lowest BCUT2D eigenvalue weighted by Gasteiger charge is -2.15. The van der Waals surface area contributed by atoms with E-state index in [1.54, 1.807) is 38.7 Å². The Morgan fingerprint density at radius 3 is 2.59 bits per heavy atom. The summed E-state index contributed by atoms with van der Waals surface area (Å²) in [5.74, 6) is 1.18. The Labute approximate surface area is 162 Å². The van der Waals surface area contributed by atoms with Crippen molar-refractivity contribution >= 4 is 29.1 Å². The highest BCUT2D eigenvalue weighted by Crippen LogP contribution is 2.40. The molecule has 0 N–H and O–H groups in total. The van der Waals surface area contributed by atoms with Crippen molar-refractivity contribution < 1.29 is 23.5 Å². The van der Waals surface area contributed by atoms with Gasteiger partial charge in [-0.05, 0) is 24.6 Å². The Hall–Kier alpha value is -2.51. The first-order valence-electron chi connectivity index (χ1n) is 8.55. The fraction of sp³-hybridized carbons (Fsp3) is 0.300. The van der Waals surface area contributed by atoms with Crippen molar-refractivity contribution in [3.63, 3.8) is 0 Å². The first-order chi connectivity index (χ1) is 13.2. The van der Waals surface area contributed by atoms with Crippen LogP contribution in [0.3, 0.4) is 0 Å². The van der Waals surface area contributed by atoms with E-state index in [0.29, 0.717) is 47.1 Å². The van der Waals surface area contributed by atoms with Crippen LogP contribution >= 0.6 is 11.8 Å². The number of para-hydroxylation sites is 1. The van der Waals surface area contributed by atoms with Gasteiger partial charge in [0.1, 0.15) is 11.5 Å². The van der Waals surface area contributed by atoms with Crippen LogP contribution in [0, 0.1) is 0 Å². The zero-order valence-electron chi connectivity index (χ0n) is 15.3. The third kappa shape index (κ3) is 4.09. The van der Waals surface area contributed by atoms with Crippen LogP contribution in [-0.2, 0) is 20.1 Å². The Morgan fingerprint density at radius 2 is 1.89 bits per heavy atom. The first-order valence-corrected chi connectivity index (χ1v) is 9.54. The number of rotatable bonds is 9. The Kier molecular flexibility index (Phi) is 6.36. The van der Waals surface area contributed by atoms with Gasteiger partial charge in [-0.3, -0.25) is 14.5 Å². The predicted molar refractivity (Wildman–Crippen MR) is 103 cm³/mol. The number of ether oxygens (including phenoxy) is 2. The standard InChI is InChI=1S/C20H21NO5S/c1-24-11-6-10-21-19(22)17(15-8-3-4-9-16(15)25-2)18(20(21)23)27-13-14-7-5-12-26-14/h3-5,7-9,12H,6,10-11,13H2,1-2H3. The molecule has 0 saturated carbocycles. The number of amides is 2. The molecule has 27 heavy (non-hydrogen) atoms. The van der Waals surface area contributed by atoms with Gasteiger partial charge in [-0.1, -0.05) is 18.2 Å². The highest BCUT2D eigenvalue weighted by Gasteiger charge is 2.39. The molecule has 0 saturated heterocycles. The third-order valence-corrected chi connectivity index (χ3v) is 5.27. The van der Waals surface area contributed by atoms with E-state index >= 15 is 0 Å². The van der Waals surface area contributed by atoms with Crippen LogP contribution in [0.1, 0.15) is 17.7 Å². The Morgan fingerprint density at radius 1 is 1.07 bits per heavy atom. The predicted octanol–water partition coefficient (Wildman–Crippen LogP) is 3.34. The summed E-state index contributed by atoms with van der Waals surface area (Å²) in [6.07, 6.45) is 2.17. The number of thioether (sulfide) groups is 1. The molecule has 2 aromatic rings. The molecule has 142 valence electrons. The number of hydrogen-bond donors (Lipinski definition) is 0. The molecule has 2 heterocycles. The van der Waals surface area contributed by atoms with Gasteiger partial charge >= 0.3 is 0 Å². The van der Waals surface area contributed by atoms with Crippen LogP contribution in [-0.4, -0.2) is 44.1 Å². The zero-order valence-corrected chi connectivity index (χ0v) is 16.1. The van der Waals surface area contributed by atoms with Crippen molar-refractivity contribution in [3.8, 4) is 5.75 Å². The molecule has 1 aliphatic rings. The van der Waals surface area contributed by atoms with Gasteiger partial charge in [0.05, 0.1) is 29.6 Å². The van der Waals surface area contributed by atoms with Crippen molar-refractivity contribution in [2.45, 2.75) is 12.2 Å². The van der Waals surface area contributed by atoms with Crippen molar-refractivity contribution in [3.05, 3.63) is 58.9 Å². The maximum Gasteiger partial charge on any atom is 0.267 e. The summed E-state index contributed by atoms with van der Waals surface area (Å²) >= 11 is 1.31. The number of carbonyl (C=O) groups is 2. The van der Waals surface area contributed by atoms with Gasteiger partial charge in [-0.15, -0.1) is 11.8 Å². The Bertz CT molecular complexity index is 844. The molecule has 1 aromatic heterocycles. The van der Waals surface area contributed by atoms with E-state index in [-0.39, 0.29) is 11.8 Å². The second kappa shape index (κ2) is 8.92. The number of carbonyl (C=O) groups excluding carboxylic acids is 2. The van der Waals surface area contributed by atoms with Gasteiger partial charge in [-0.25, -0.2) is 0 Å². The van der Waals surface area contributed by atoms with Crippen LogP contribution in [0.25, 0.3) is 5.57 Å². The largest absolute Gasteiger partial charge is 0.496 e. The van der Waals surface area contributed by atoms with E-state index in [1.165, 1.54) is 16.7 Å². The van der Waals surface area contributed by atoms with Gasteiger partial charge in [0.2, 0.25) is 0 Å². The lowest BCUT2D eigenvalue weighted by molar-refractivity contribution is -0.136. The molecule has 0 fully saturated rings. The minimum absolute atomic E-state index is 0.284. The lowest BCUT2D eigenvalue weighted by atomic mass is 10.1. The summed E-state index contributed by atoms with van der Waals surface area (Å²) in [7, 11) is 3.14. The van der Waals surface area contributed by atoms with E-state index < -0.39 is 0 Å². The second-order valence-electron chi connectivity index (χ2n) is 5.88. The number of furan rings is 1. The highest BCUT2D eigenvalue weighted by molar-refractivity contribution is 8.03. The Balaban J connectivity index is 1.95. The molecule has 0 atom stereocenters. The van der Waals surface area contributed by atoms with Gasteiger partial charge in [-0.2, -0.15) is 0 Å². The minimum Gasteiger partial charge on any atom is -0.496 e. The number of methoxy groups -OCH3 is 2. The van der Waals surface area contributed by atoms with Crippen molar-refractivity contribution in [2.75, 3.05) is 27.4 Å². The molecule has 0 spiro atoms. The lowest BCUT2D eigenvalue weighted by Crippen LogP contribution is -2.33. The zero-order chi connectivity index (χ0) is 19.2. The molecule has 6 nitrogen and oxygen atoms in total. The summed E-state index contributed by atoms with van der Waals surface area (Å²) < 4.78 is 15.8. The number of imide groups is 1. The monoisotopic (exact) mass is 387 g/mol. The fourth-order valence-electron chi connectivity index (χ4n) is 2.88. The first kappa shape index (κ1) is 19.3. The number of benzene rings is 1. The van der Waals surface area contributed by atoms with Crippen LogP contribution < -0.4 is 4.74 Å². The van der Waals surface area contributed by atoms with Crippen molar-refractivity contribution in [1.82, 2.24) is 4.90 Å². The average Bonchev–Trinajstić information content (AvgIpc) is 3.28. The summed E-state index contributed by atoms with van der Waals surface area (Å²) in [4.78, 5) is 27.7. The third-order valence-electron chi connectivity index (χ3n) is 4.17. The molecule has 1 aromatic carbocycles. The molecule has 0 unspecified atom stereocenters. The van der Waals surface area contributed by atoms with Crippen LogP contribution in [0.2, 0.25) is 0 Å². The van der Waals surface area contributed by atoms with Gasteiger partial charge in [0.25, 0.3) is 11.8 Å². The summed E-state index contributed by atoms with van der Waals surface area (Å²) in [6.45, 7) is 0.797. The van der Waals surface area contributed by atoms with Crippen LogP contribution in [0.4, 0.5) is 0 Å². The smallest absolute Gasteiger partial charge is 0.267 e. The second-order valence-corrected chi connectivity index (χ2v) is 6.87. The molecular formula is C20H21NO5S. The fourth-order valence-corrected chi connectivity index (χ4v) is 3.91. The van der Waals surface area contributed by atoms with Gasteiger partial charge in [0, 0.05) is 25.8 Å². The van der Waals surface area contributed by atoms with E-state index in [0.717, 1.165) is 5.76 Å². The maximum absolute atomic E-state index is 13.1. The molecule has 1 aliphatic heterocycles. The van der Waals surface area contributed by atoms with Gasteiger partial charge < -0.3 is 13.9 Å². The summed E-state index contributed by atoms with van der Waals surface area (Å²) in [5, 5.41) is 0. The molecular weight excluding hydrogens is 366 g/mol. The SMILES string of the molecule is COCCCN1C(=O)C(SCc2ccco2)=C(c2ccccc2OC)C1=O. The van der Waals surface area contributed by atoms with E-state index in [4.69, 9.17) is 13.9 Å². The summed E-state index contributed by atoms with van der Waals surface area (Å²) in [5.41, 5.74) is 1.00. The normalized spacial score (nSPS) is 14.4. The molecule has 0 bridgehead atoms. The van der Waals surface area contributed by atoms with E-state index in [1.807, 2.05) is 18.2 Å². The van der Waals surface area contributed by atoms with E-state index in [2.05, 4.69) is 0 Å². The number of hydrogen-bond acceptors (Lipinski definition) is 6. The molecule has 2 amide bonds.